The summed E-state index contributed by atoms with van der Waals surface area (Å²) in [5.41, 5.74) is 4.92. The van der Waals surface area contributed by atoms with Crippen LogP contribution in [-0.2, 0) is 20.8 Å². The zero-order valence-electron chi connectivity index (χ0n) is 23.6. The summed E-state index contributed by atoms with van der Waals surface area (Å²) in [5.74, 6) is -0.445. The maximum Gasteiger partial charge on any atom is 0.283 e. The molecule has 7 nitrogen and oxygen atoms in total. The molecule has 3 amide bonds. The van der Waals surface area contributed by atoms with Crippen LogP contribution in [0.15, 0.2) is 113 Å². The lowest BCUT2D eigenvalue weighted by atomic mass is 10.1. The molecule has 1 aliphatic heterocycles. The third-order valence-corrected chi connectivity index (χ3v) is 7.84. The topological polar surface area (TPSA) is 87.7 Å². The Bertz CT molecular complexity index is 1670. The molecular weight excluding hydrogens is 546 g/mol. The molecule has 0 spiro atoms. The number of ether oxygens (including phenoxy) is 1. The number of hydrogen-bond acceptors (Lipinski definition) is 6. The molecule has 8 heteroatoms. The third kappa shape index (κ3) is 6.56. The highest BCUT2D eigenvalue weighted by Gasteiger charge is 2.40. The van der Waals surface area contributed by atoms with Crippen molar-refractivity contribution in [2.45, 2.75) is 31.6 Å². The third-order valence-electron chi connectivity index (χ3n) is 6.77. The minimum Gasteiger partial charge on any atom is -0.495 e. The van der Waals surface area contributed by atoms with Gasteiger partial charge in [-0.15, -0.1) is 0 Å². The molecule has 4 aromatic rings. The van der Waals surface area contributed by atoms with E-state index in [-0.39, 0.29) is 16.5 Å². The second-order valence-electron chi connectivity index (χ2n) is 9.98. The fourth-order valence-electron chi connectivity index (χ4n) is 4.58. The molecule has 0 atom stereocenters. The number of nitrogens with one attached hydrogen (secondary N) is 2. The van der Waals surface area contributed by atoms with Gasteiger partial charge in [-0.1, -0.05) is 71.9 Å². The molecule has 42 heavy (non-hydrogen) atoms. The van der Waals surface area contributed by atoms with Gasteiger partial charge in [-0.3, -0.25) is 14.4 Å². The summed E-state index contributed by atoms with van der Waals surface area (Å²) in [4.78, 5) is 42.3. The normalized spacial score (nSPS) is 13.0. The molecule has 2 N–H and O–H groups in total. The van der Waals surface area contributed by atoms with E-state index in [4.69, 9.17) is 4.74 Å². The molecule has 1 aliphatic rings. The van der Waals surface area contributed by atoms with E-state index in [1.54, 1.807) is 31.4 Å². The number of aryl methyl sites for hydroxylation is 3. The first-order chi connectivity index (χ1) is 20.3. The highest BCUT2D eigenvalue weighted by molar-refractivity contribution is 8.04. The quantitative estimate of drug-likeness (QED) is 0.200. The first kappa shape index (κ1) is 28.7. The van der Waals surface area contributed by atoms with Crippen molar-refractivity contribution in [2.75, 3.05) is 22.6 Å². The smallest absolute Gasteiger partial charge is 0.283 e. The van der Waals surface area contributed by atoms with E-state index >= 15 is 0 Å². The Hall–Kier alpha value is -4.82. The summed E-state index contributed by atoms with van der Waals surface area (Å²) in [6, 6.07) is 29.9. The second-order valence-corrected chi connectivity index (χ2v) is 11.1. The van der Waals surface area contributed by atoms with Crippen molar-refractivity contribution < 1.29 is 19.1 Å². The summed E-state index contributed by atoms with van der Waals surface area (Å²) in [7, 11) is 1.56. The first-order valence-corrected chi connectivity index (χ1v) is 14.4. The van der Waals surface area contributed by atoms with Crippen molar-refractivity contribution in [3.05, 3.63) is 124 Å². The van der Waals surface area contributed by atoms with Crippen LogP contribution in [-0.4, -0.2) is 24.8 Å². The number of amides is 3. The average Bonchev–Trinajstić information content (AvgIpc) is 3.21. The molecule has 4 aromatic carbocycles. The number of rotatable bonds is 10. The fourth-order valence-corrected chi connectivity index (χ4v) is 5.57. The number of imide groups is 1. The number of thioether (sulfide) groups is 1. The Labute approximate surface area is 249 Å². The van der Waals surface area contributed by atoms with E-state index in [0.717, 1.165) is 16.7 Å². The molecule has 212 valence electrons. The molecule has 0 saturated heterocycles. The highest BCUT2D eigenvalue weighted by Crippen LogP contribution is 2.39. The Kier molecular flexibility index (Phi) is 8.74. The van der Waals surface area contributed by atoms with Gasteiger partial charge in [-0.25, -0.2) is 4.90 Å². The van der Waals surface area contributed by atoms with Crippen LogP contribution in [0.3, 0.4) is 0 Å². The van der Waals surface area contributed by atoms with Crippen LogP contribution in [0.4, 0.5) is 17.1 Å². The van der Waals surface area contributed by atoms with Gasteiger partial charge in [0.2, 0.25) is 5.91 Å². The van der Waals surface area contributed by atoms with Gasteiger partial charge in [-0.2, -0.15) is 0 Å². The maximum absolute atomic E-state index is 13.8. The zero-order chi connectivity index (χ0) is 29.6. The summed E-state index contributed by atoms with van der Waals surface area (Å²) in [6.07, 6.45) is 0.980. The van der Waals surface area contributed by atoms with E-state index in [2.05, 4.69) is 10.6 Å². The van der Waals surface area contributed by atoms with Crippen molar-refractivity contribution in [1.82, 2.24) is 0 Å². The number of methoxy groups -OCH3 is 1. The van der Waals surface area contributed by atoms with Crippen LogP contribution in [0.1, 0.15) is 23.1 Å². The lowest BCUT2D eigenvalue weighted by Crippen LogP contribution is -2.32. The molecule has 0 aromatic heterocycles. The largest absolute Gasteiger partial charge is 0.495 e. The highest BCUT2D eigenvalue weighted by atomic mass is 32.2. The molecule has 0 unspecified atom stereocenters. The van der Waals surface area contributed by atoms with E-state index < -0.39 is 11.8 Å². The first-order valence-electron chi connectivity index (χ1n) is 13.6. The number of carbonyl (C=O) groups is 3. The minimum absolute atomic E-state index is 0.105. The van der Waals surface area contributed by atoms with Gasteiger partial charge in [0.05, 0.1) is 18.5 Å². The SMILES string of the molecule is COc1ccc(C)cc1NC1=C(Sc2cccc(NC(=O)CCc3ccccc3)c2)C(=O)N(c2ccc(C)cc2)C1=O. The molecule has 1 heterocycles. The summed E-state index contributed by atoms with van der Waals surface area (Å²) >= 11 is 1.17. The average molecular weight is 578 g/mol. The zero-order valence-corrected chi connectivity index (χ0v) is 24.5. The predicted octanol–water partition coefficient (Wildman–Crippen LogP) is 6.87. The van der Waals surface area contributed by atoms with E-state index in [9.17, 15) is 14.4 Å². The van der Waals surface area contributed by atoms with Crippen LogP contribution >= 0.6 is 11.8 Å². The minimum atomic E-state index is -0.458. The van der Waals surface area contributed by atoms with Crippen LogP contribution in [0.25, 0.3) is 0 Å². The van der Waals surface area contributed by atoms with E-state index in [1.807, 2.05) is 86.6 Å². The molecule has 5 rings (SSSR count). The lowest BCUT2D eigenvalue weighted by Gasteiger charge is -2.16. The van der Waals surface area contributed by atoms with Gasteiger partial charge >= 0.3 is 0 Å². The summed E-state index contributed by atoms with van der Waals surface area (Å²) in [6.45, 7) is 3.88. The molecule has 0 saturated carbocycles. The van der Waals surface area contributed by atoms with Crippen LogP contribution in [0.5, 0.6) is 5.75 Å². The number of anilines is 3. The number of nitrogens with zero attached hydrogens (tertiary/aromatic N) is 1. The molecule has 0 radical (unpaired) electrons. The van der Waals surface area contributed by atoms with Crippen LogP contribution in [0, 0.1) is 13.8 Å². The van der Waals surface area contributed by atoms with Gasteiger partial charge in [0.25, 0.3) is 11.8 Å². The standard InChI is InChI=1S/C34H31N3O4S/c1-22-12-16-26(17-13-22)37-33(39)31(36-28-20-23(2)14-18-29(28)41-3)32(34(37)40)42-27-11-7-10-25(21-27)35-30(38)19-15-24-8-5-4-6-9-24/h4-14,16-18,20-21,36H,15,19H2,1-3H3,(H,35,38). The number of carbonyl (C=O) groups excluding carboxylic acids is 3. The summed E-state index contributed by atoms with van der Waals surface area (Å²) in [5, 5.41) is 6.14. The van der Waals surface area contributed by atoms with Crippen molar-refractivity contribution in [3.8, 4) is 5.75 Å². The van der Waals surface area contributed by atoms with Gasteiger partial charge < -0.3 is 15.4 Å². The van der Waals surface area contributed by atoms with Gasteiger partial charge in [0, 0.05) is 17.0 Å². The lowest BCUT2D eigenvalue weighted by molar-refractivity contribution is -0.120. The van der Waals surface area contributed by atoms with Gasteiger partial charge in [0.1, 0.15) is 16.4 Å². The van der Waals surface area contributed by atoms with Crippen molar-refractivity contribution >= 4 is 46.5 Å². The summed E-state index contributed by atoms with van der Waals surface area (Å²) < 4.78 is 5.51. The Morgan fingerprint density at radius 2 is 1.57 bits per heavy atom. The Morgan fingerprint density at radius 3 is 2.31 bits per heavy atom. The van der Waals surface area contributed by atoms with Gasteiger partial charge in [0.15, 0.2) is 0 Å². The van der Waals surface area contributed by atoms with Crippen LogP contribution < -0.4 is 20.3 Å². The molecule has 0 aliphatic carbocycles. The van der Waals surface area contributed by atoms with E-state index in [0.29, 0.717) is 40.5 Å². The Morgan fingerprint density at radius 1 is 0.833 bits per heavy atom. The van der Waals surface area contributed by atoms with Crippen molar-refractivity contribution in [1.29, 1.82) is 0 Å². The maximum atomic E-state index is 13.8. The second kappa shape index (κ2) is 12.8. The number of hydrogen-bond donors (Lipinski definition) is 2. The van der Waals surface area contributed by atoms with Crippen molar-refractivity contribution in [2.24, 2.45) is 0 Å². The molecule has 0 fully saturated rings. The van der Waals surface area contributed by atoms with E-state index in [1.165, 1.54) is 16.7 Å². The van der Waals surface area contributed by atoms with Crippen LogP contribution in [0.2, 0.25) is 0 Å². The predicted molar refractivity (Wildman–Crippen MR) is 168 cm³/mol. The molecule has 0 bridgehead atoms. The number of benzene rings is 4. The van der Waals surface area contributed by atoms with Crippen molar-refractivity contribution in [3.63, 3.8) is 0 Å². The monoisotopic (exact) mass is 577 g/mol. The fraction of sp³-hybridized carbons (Fsp3) is 0.147. The Balaban J connectivity index is 1.42. The molecular formula is C34H31N3O4S. The van der Waals surface area contributed by atoms with Gasteiger partial charge in [-0.05, 0) is 73.9 Å².